The number of hydrogen-bond acceptors (Lipinski definition) is 3. The van der Waals surface area contributed by atoms with Gasteiger partial charge in [-0.25, -0.2) is 4.98 Å². The van der Waals surface area contributed by atoms with Crippen molar-refractivity contribution in [1.29, 1.82) is 0 Å². The number of carbonyl (C=O) groups is 1. The van der Waals surface area contributed by atoms with Crippen LogP contribution in [0.1, 0.15) is 11.7 Å². The number of halogens is 1. The molecule has 1 aliphatic rings. The van der Waals surface area contributed by atoms with Gasteiger partial charge in [0.2, 0.25) is 0 Å². The lowest BCUT2D eigenvalue weighted by atomic mass is 10.2. The van der Waals surface area contributed by atoms with Gasteiger partial charge >= 0.3 is 0 Å². The summed E-state index contributed by atoms with van der Waals surface area (Å²) in [7, 11) is 1.82. The van der Waals surface area contributed by atoms with Crippen LogP contribution >= 0.6 is 15.9 Å². The molecule has 5 heteroatoms. The molecule has 14 heavy (non-hydrogen) atoms. The Bertz CT molecular complexity index is 412. The summed E-state index contributed by atoms with van der Waals surface area (Å²) in [4.78, 5) is 17.7. The zero-order valence-electron chi connectivity index (χ0n) is 8.62. The normalized spacial score (nSPS) is 22.1. The van der Waals surface area contributed by atoms with E-state index in [1.54, 1.807) is 17.2 Å². The maximum absolute atomic E-state index is 11.7. The summed E-state index contributed by atoms with van der Waals surface area (Å²) in [5.74, 6) is 0.369. The minimum atomic E-state index is -0.615. The number of aromatic nitrogens is 1. The number of pyridine rings is 1. The number of nitrogens with one attached hydrogen (secondary N) is 1. The third kappa shape index (κ3) is 1.59. The lowest BCUT2D eigenvalue weighted by Crippen LogP contribution is -2.27. The molecule has 1 N–H and O–H groups in total. The van der Waals surface area contributed by atoms with E-state index in [0.29, 0.717) is 17.9 Å². The third-order valence-corrected chi connectivity index (χ3v) is 2.47. The van der Waals surface area contributed by atoms with Crippen molar-refractivity contribution >= 4 is 27.7 Å². The van der Waals surface area contributed by atoms with Crippen molar-refractivity contribution in [2.45, 2.75) is 0 Å². The Labute approximate surface area is 91.8 Å². The largest absolute Gasteiger partial charge is 0.357 e. The molecule has 0 bridgehead atoms. The van der Waals surface area contributed by atoms with Crippen LogP contribution in [-0.4, -0.2) is 31.0 Å². The first-order valence-corrected chi connectivity index (χ1v) is 4.97. The van der Waals surface area contributed by atoms with Crippen LogP contribution in [0.5, 0.6) is 0 Å². The van der Waals surface area contributed by atoms with E-state index in [-0.39, 0.29) is 5.91 Å². The molecule has 0 aromatic carbocycles. The number of amides is 1. The molecule has 4 nitrogen and oxygen atoms in total. The second-order valence-corrected chi connectivity index (χ2v) is 4.00. The number of carbonyl (C=O) groups excluding carboxylic acids is 1. The quantitative estimate of drug-likeness (QED) is 0.754. The van der Waals surface area contributed by atoms with Crippen LogP contribution in [0.2, 0.25) is 0 Å². The molecule has 0 radical (unpaired) electrons. The van der Waals surface area contributed by atoms with E-state index in [1.165, 1.54) is 0 Å². The molecule has 1 unspecified atom stereocenters. The van der Waals surface area contributed by atoms with Gasteiger partial charge in [0.15, 0.2) is 0 Å². The zero-order valence-corrected chi connectivity index (χ0v) is 9.21. The molecule has 2 heterocycles. The van der Waals surface area contributed by atoms with E-state index in [4.69, 9.17) is 1.37 Å². The summed E-state index contributed by atoms with van der Waals surface area (Å²) in [6.07, 6.45) is 1.65. The van der Waals surface area contributed by atoms with Crippen LogP contribution in [0.25, 0.3) is 0 Å². The van der Waals surface area contributed by atoms with Gasteiger partial charge in [-0.05, 0) is 22.0 Å². The Balaban J connectivity index is 2.51. The minimum absolute atomic E-state index is 0.247. The average Bonchev–Trinajstić information content (AvgIpc) is 2.25. The van der Waals surface area contributed by atoms with Gasteiger partial charge in [-0.2, -0.15) is 0 Å². The summed E-state index contributed by atoms with van der Waals surface area (Å²) in [6, 6.07) is 1.71. The molecule has 0 fully saturated rings. The molecular formula is C9H10BrN3O. The van der Waals surface area contributed by atoms with Crippen LogP contribution < -0.4 is 10.2 Å². The van der Waals surface area contributed by atoms with Crippen molar-refractivity contribution < 1.29 is 6.17 Å². The van der Waals surface area contributed by atoms with E-state index in [9.17, 15) is 4.79 Å². The van der Waals surface area contributed by atoms with Crippen LogP contribution in [0.15, 0.2) is 16.7 Å². The molecule has 0 saturated heterocycles. The first kappa shape index (κ1) is 8.23. The first-order valence-electron chi connectivity index (χ1n) is 4.75. The highest BCUT2D eigenvalue weighted by molar-refractivity contribution is 9.10. The second-order valence-electron chi connectivity index (χ2n) is 3.08. The van der Waals surface area contributed by atoms with Crippen molar-refractivity contribution in [1.82, 2.24) is 10.3 Å². The molecule has 0 spiro atoms. The SMILES string of the molecule is [2H]C1CN(C)c2ncc(Br)cc2C(=O)N1. The van der Waals surface area contributed by atoms with Gasteiger partial charge in [-0.15, -0.1) is 0 Å². The van der Waals surface area contributed by atoms with Crippen molar-refractivity contribution in [3.8, 4) is 0 Å². The number of hydrogen-bond donors (Lipinski definition) is 1. The summed E-state index contributed by atoms with van der Waals surface area (Å²) in [5, 5.41) is 2.58. The molecule has 74 valence electrons. The van der Waals surface area contributed by atoms with Crippen molar-refractivity contribution in [2.24, 2.45) is 0 Å². The molecule has 1 atom stereocenters. The number of anilines is 1. The molecule has 1 aromatic rings. The van der Waals surface area contributed by atoms with E-state index < -0.39 is 6.52 Å². The highest BCUT2D eigenvalue weighted by Crippen LogP contribution is 2.21. The van der Waals surface area contributed by atoms with Crippen molar-refractivity contribution in [3.05, 3.63) is 22.3 Å². The van der Waals surface area contributed by atoms with E-state index >= 15 is 0 Å². The highest BCUT2D eigenvalue weighted by atomic mass is 79.9. The van der Waals surface area contributed by atoms with Gasteiger partial charge in [0.05, 0.1) is 6.93 Å². The van der Waals surface area contributed by atoms with Crippen LogP contribution in [0.3, 0.4) is 0 Å². The topological polar surface area (TPSA) is 45.2 Å². The molecular weight excluding hydrogens is 246 g/mol. The summed E-state index contributed by atoms with van der Waals surface area (Å²) in [6.45, 7) is -0.177. The Morgan fingerprint density at radius 1 is 1.79 bits per heavy atom. The van der Waals surface area contributed by atoms with Crippen LogP contribution in [0.4, 0.5) is 5.82 Å². The standard InChI is InChI=1S/C9H10BrN3O/c1-13-3-2-11-9(14)7-4-6(10)5-12-8(7)13/h4-5H,2-3H2,1H3,(H,11,14)/i2D. The number of rotatable bonds is 0. The Morgan fingerprint density at radius 2 is 2.57 bits per heavy atom. The van der Waals surface area contributed by atoms with Crippen molar-refractivity contribution in [3.63, 3.8) is 0 Å². The average molecular weight is 257 g/mol. The van der Waals surface area contributed by atoms with Gasteiger partial charge < -0.3 is 10.2 Å². The highest BCUT2D eigenvalue weighted by Gasteiger charge is 2.19. The monoisotopic (exact) mass is 256 g/mol. The zero-order chi connectivity index (χ0) is 11.0. The van der Waals surface area contributed by atoms with Crippen LogP contribution in [0, 0.1) is 0 Å². The maximum atomic E-state index is 11.7. The molecule has 1 amide bonds. The van der Waals surface area contributed by atoms with E-state index in [1.807, 2.05) is 7.05 Å². The van der Waals surface area contributed by atoms with Gasteiger partial charge in [-0.1, -0.05) is 0 Å². The van der Waals surface area contributed by atoms with Gasteiger partial charge in [0.25, 0.3) is 5.91 Å². The maximum Gasteiger partial charge on any atom is 0.255 e. The van der Waals surface area contributed by atoms with E-state index in [2.05, 4.69) is 26.2 Å². The Morgan fingerprint density at radius 3 is 3.36 bits per heavy atom. The summed E-state index contributed by atoms with van der Waals surface area (Å²) in [5.41, 5.74) is 0.502. The summed E-state index contributed by atoms with van der Waals surface area (Å²) >= 11 is 3.27. The van der Waals surface area contributed by atoms with E-state index in [0.717, 1.165) is 4.47 Å². The van der Waals surface area contributed by atoms with Crippen LogP contribution in [-0.2, 0) is 0 Å². The Hall–Kier alpha value is -1.10. The fourth-order valence-electron chi connectivity index (χ4n) is 1.34. The fraction of sp³-hybridized carbons (Fsp3) is 0.333. The van der Waals surface area contributed by atoms with Gasteiger partial charge in [-0.3, -0.25) is 4.79 Å². The number of fused-ring (bicyclic) bond motifs is 1. The van der Waals surface area contributed by atoms with Gasteiger partial charge in [0.1, 0.15) is 5.82 Å². The lowest BCUT2D eigenvalue weighted by Gasteiger charge is -2.16. The third-order valence-electron chi connectivity index (χ3n) is 2.04. The fourth-order valence-corrected chi connectivity index (χ4v) is 1.67. The molecule has 1 aliphatic heterocycles. The number of nitrogens with zero attached hydrogens (tertiary/aromatic N) is 2. The molecule has 0 saturated carbocycles. The Kier molecular flexibility index (Phi) is 2.10. The molecule has 2 rings (SSSR count). The predicted octanol–water partition coefficient (Wildman–Crippen LogP) is 1.02. The lowest BCUT2D eigenvalue weighted by molar-refractivity contribution is 0.0957. The second kappa shape index (κ2) is 3.57. The smallest absolute Gasteiger partial charge is 0.255 e. The first-order chi connectivity index (χ1) is 7.08. The predicted molar refractivity (Wildman–Crippen MR) is 57.5 cm³/mol. The minimum Gasteiger partial charge on any atom is -0.357 e. The van der Waals surface area contributed by atoms with Gasteiger partial charge in [0, 0.05) is 30.8 Å². The molecule has 1 aromatic heterocycles. The van der Waals surface area contributed by atoms with Crippen molar-refractivity contribution in [2.75, 3.05) is 25.0 Å². The summed E-state index contributed by atoms with van der Waals surface area (Å²) < 4.78 is 8.35. The molecule has 0 aliphatic carbocycles. The number of likely N-dealkylation sites (N-methyl/N-ethyl adjacent to an activating group) is 1.